The van der Waals surface area contributed by atoms with Crippen molar-refractivity contribution in [2.75, 3.05) is 27.2 Å². The van der Waals surface area contributed by atoms with Crippen molar-refractivity contribution in [3.63, 3.8) is 0 Å². The minimum Gasteiger partial charge on any atom is -0.313 e. The summed E-state index contributed by atoms with van der Waals surface area (Å²) in [4.78, 5) is 2.23. The molecule has 0 aliphatic heterocycles. The van der Waals surface area contributed by atoms with Gasteiger partial charge in [-0.25, -0.2) is 0 Å². The molecule has 0 fully saturated rings. The summed E-state index contributed by atoms with van der Waals surface area (Å²) in [7, 11) is 4.24. The Morgan fingerprint density at radius 1 is 1.38 bits per heavy atom. The number of nitrogens with zero attached hydrogens (tertiary/aromatic N) is 3. The predicted molar refractivity (Wildman–Crippen MR) is 67.4 cm³/mol. The molecule has 0 radical (unpaired) electrons. The van der Waals surface area contributed by atoms with Gasteiger partial charge in [0.15, 0.2) is 0 Å². The lowest BCUT2D eigenvalue weighted by Crippen LogP contribution is -2.17. The van der Waals surface area contributed by atoms with Crippen LogP contribution in [0.15, 0.2) is 12.4 Å². The van der Waals surface area contributed by atoms with Crippen molar-refractivity contribution in [1.29, 1.82) is 0 Å². The van der Waals surface area contributed by atoms with E-state index in [2.05, 4.69) is 42.5 Å². The van der Waals surface area contributed by atoms with Gasteiger partial charge in [-0.3, -0.25) is 4.68 Å². The van der Waals surface area contributed by atoms with Gasteiger partial charge in [0.2, 0.25) is 0 Å². The van der Waals surface area contributed by atoms with Gasteiger partial charge in [-0.2, -0.15) is 5.10 Å². The molecule has 0 unspecified atom stereocenters. The summed E-state index contributed by atoms with van der Waals surface area (Å²) >= 11 is 0. The van der Waals surface area contributed by atoms with Gasteiger partial charge in [0.25, 0.3) is 0 Å². The average molecular weight is 224 g/mol. The van der Waals surface area contributed by atoms with Crippen LogP contribution in [0.5, 0.6) is 0 Å². The molecule has 0 amide bonds. The zero-order chi connectivity index (χ0) is 11.8. The summed E-state index contributed by atoms with van der Waals surface area (Å²) < 4.78 is 1.96. The van der Waals surface area contributed by atoms with E-state index in [1.165, 1.54) is 24.9 Å². The molecule has 0 atom stereocenters. The number of hydrogen-bond acceptors (Lipinski definition) is 3. The quantitative estimate of drug-likeness (QED) is 0.676. The SMILES string of the molecule is CCn1cc(CNCCCCN(C)C)cn1. The maximum absolute atomic E-state index is 4.24. The van der Waals surface area contributed by atoms with Crippen LogP contribution in [0.3, 0.4) is 0 Å². The molecule has 0 saturated heterocycles. The molecule has 1 aromatic rings. The lowest BCUT2D eigenvalue weighted by Gasteiger charge is -2.08. The molecule has 1 rings (SSSR count). The van der Waals surface area contributed by atoms with Crippen LogP contribution in [0.4, 0.5) is 0 Å². The molecule has 4 heteroatoms. The average Bonchev–Trinajstić information content (AvgIpc) is 2.70. The molecule has 0 aliphatic carbocycles. The number of nitrogens with one attached hydrogen (secondary N) is 1. The second-order valence-electron chi connectivity index (χ2n) is 4.39. The van der Waals surface area contributed by atoms with Gasteiger partial charge < -0.3 is 10.2 Å². The van der Waals surface area contributed by atoms with E-state index in [-0.39, 0.29) is 0 Å². The number of rotatable bonds is 8. The van der Waals surface area contributed by atoms with Crippen molar-refractivity contribution < 1.29 is 0 Å². The topological polar surface area (TPSA) is 33.1 Å². The maximum Gasteiger partial charge on any atom is 0.0534 e. The number of aryl methyl sites for hydroxylation is 1. The van der Waals surface area contributed by atoms with E-state index >= 15 is 0 Å². The van der Waals surface area contributed by atoms with Crippen LogP contribution in [0.25, 0.3) is 0 Å². The monoisotopic (exact) mass is 224 g/mol. The number of aromatic nitrogens is 2. The Kier molecular flexibility index (Phi) is 6.11. The Bertz CT molecular complexity index is 280. The van der Waals surface area contributed by atoms with E-state index < -0.39 is 0 Å². The Morgan fingerprint density at radius 3 is 2.81 bits per heavy atom. The molecule has 1 aromatic heterocycles. The van der Waals surface area contributed by atoms with Crippen LogP contribution in [0, 0.1) is 0 Å². The Morgan fingerprint density at radius 2 is 2.19 bits per heavy atom. The van der Waals surface area contributed by atoms with Gasteiger partial charge in [0, 0.05) is 24.8 Å². The third kappa shape index (κ3) is 5.28. The van der Waals surface area contributed by atoms with Crippen LogP contribution in [0.2, 0.25) is 0 Å². The minimum absolute atomic E-state index is 0.933. The number of hydrogen-bond donors (Lipinski definition) is 1. The minimum atomic E-state index is 0.933. The summed E-state index contributed by atoms with van der Waals surface area (Å²) in [5.41, 5.74) is 1.27. The number of unbranched alkanes of at least 4 members (excludes halogenated alkanes) is 1. The molecular formula is C12H24N4. The van der Waals surface area contributed by atoms with Gasteiger partial charge in [-0.1, -0.05) is 0 Å². The van der Waals surface area contributed by atoms with Gasteiger partial charge in [0.1, 0.15) is 0 Å². The lowest BCUT2D eigenvalue weighted by atomic mass is 10.3. The summed E-state index contributed by atoms with van der Waals surface area (Å²) in [6.45, 7) is 6.25. The van der Waals surface area contributed by atoms with Crippen LogP contribution < -0.4 is 5.32 Å². The first-order chi connectivity index (χ1) is 7.72. The second-order valence-corrected chi connectivity index (χ2v) is 4.39. The first-order valence-electron chi connectivity index (χ1n) is 6.09. The van der Waals surface area contributed by atoms with E-state index in [1.807, 2.05) is 10.9 Å². The van der Waals surface area contributed by atoms with Crippen LogP contribution in [0.1, 0.15) is 25.3 Å². The fourth-order valence-electron chi connectivity index (χ4n) is 1.58. The molecule has 92 valence electrons. The van der Waals surface area contributed by atoms with Crippen molar-refractivity contribution in [1.82, 2.24) is 20.0 Å². The van der Waals surface area contributed by atoms with Gasteiger partial charge in [-0.05, 0) is 47.0 Å². The van der Waals surface area contributed by atoms with Crippen molar-refractivity contribution >= 4 is 0 Å². The summed E-state index contributed by atoms with van der Waals surface area (Å²) in [5.74, 6) is 0. The predicted octanol–water partition coefficient (Wildman–Crippen LogP) is 1.33. The summed E-state index contributed by atoms with van der Waals surface area (Å²) in [6, 6.07) is 0. The van der Waals surface area contributed by atoms with E-state index in [1.54, 1.807) is 0 Å². The van der Waals surface area contributed by atoms with Crippen molar-refractivity contribution in [2.24, 2.45) is 0 Å². The van der Waals surface area contributed by atoms with Crippen LogP contribution in [-0.2, 0) is 13.1 Å². The maximum atomic E-state index is 4.24. The first-order valence-corrected chi connectivity index (χ1v) is 6.09. The zero-order valence-corrected chi connectivity index (χ0v) is 10.7. The highest BCUT2D eigenvalue weighted by Gasteiger charge is 1.96. The second kappa shape index (κ2) is 7.41. The van der Waals surface area contributed by atoms with Crippen LogP contribution >= 0.6 is 0 Å². The Balaban J connectivity index is 2.02. The summed E-state index contributed by atoms with van der Waals surface area (Å²) in [5, 5.41) is 7.68. The standard InChI is InChI=1S/C12H24N4/c1-4-16-11-12(10-14-16)9-13-7-5-6-8-15(2)3/h10-11,13H,4-9H2,1-3H3. The third-order valence-corrected chi connectivity index (χ3v) is 2.55. The highest BCUT2D eigenvalue weighted by Crippen LogP contribution is 1.97. The zero-order valence-electron chi connectivity index (χ0n) is 10.7. The van der Waals surface area contributed by atoms with Crippen LogP contribution in [-0.4, -0.2) is 41.9 Å². The fourth-order valence-corrected chi connectivity index (χ4v) is 1.58. The molecule has 1 heterocycles. The molecule has 16 heavy (non-hydrogen) atoms. The van der Waals surface area contributed by atoms with Gasteiger partial charge in [-0.15, -0.1) is 0 Å². The molecule has 0 aliphatic rings. The highest BCUT2D eigenvalue weighted by molar-refractivity contribution is 5.02. The molecule has 0 spiro atoms. The van der Waals surface area contributed by atoms with E-state index in [0.717, 1.165) is 19.6 Å². The molecule has 1 N–H and O–H groups in total. The molecular weight excluding hydrogens is 200 g/mol. The van der Waals surface area contributed by atoms with E-state index in [4.69, 9.17) is 0 Å². The highest BCUT2D eigenvalue weighted by atomic mass is 15.3. The molecule has 4 nitrogen and oxygen atoms in total. The van der Waals surface area contributed by atoms with Crippen molar-refractivity contribution in [3.8, 4) is 0 Å². The van der Waals surface area contributed by atoms with Crippen molar-refractivity contribution in [3.05, 3.63) is 18.0 Å². The fraction of sp³-hybridized carbons (Fsp3) is 0.750. The van der Waals surface area contributed by atoms with Crippen molar-refractivity contribution in [2.45, 2.75) is 32.9 Å². The normalized spacial score (nSPS) is 11.2. The molecule has 0 aromatic carbocycles. The van der Waals surface area contributed by atoms with Gasteiger partial charge in [0.05, 0.1) is 6.20 Å². The smallest absolute Gasteiger partial charge is 0.0534 e. The first kappa shape index (κ1) is 13.2. The van der Waals surface area contributed by atoms with E-state index in [0.29, 0.717) is 0 Å². The summed E-state index contributed by atoms with van der Waals surface area (Å²) in [6.07, 6.45) is 6.54. The molecule has 0 bridgehead atoms. The van der Waals surface area contributed by atoms with E-state index in [9.17, 15) is 0 Å². The largest absolute Gasteiger partial charge is 0.313 e. The van der Waals surface area contributed by atoms with Gasteiger partial charge >= 0.3 is 0 Å². The lowest BCUT2D eigenvalue weighted by molar-refractivity contribution is 0.391. The third-order valence-electron chi connectivity index (χ3n) is 2.55. The Labute approximate surface area is 98.6 Å². The molecule has 0 saturated carbocycles. The Hall–Kier alpha value is -0.870.